The maximum Gasteiger partial charge on any atom is 0.264 e. The normalized spacial score (nSPS) is 16.0. The number of hydrogen-bond acceptors (Lipinski definition) is 6. The van der Waals surface area contributed by atoms with E-state index in [1.54, 1.807) is 13.2 Å². The number of aromatic hydroxyl groups is 1. The Morgan fingerprint density at radius 1 is 1.41 bits per heavy atom. The van der Waals surface area contributed by atoms with Gasteiger partial charge in [0.15, 0.2) is 4.77 Å². The van der Waals surface area contributed by atoms with Crippen LogP contribution in [0.5, 0.6) is 11.6 Å². The van der Waals surface area contributed by atoms with Crippen molar-refractivity contribution in [2.45, 2.75) is 45.7 Å². The van der Waals surface area contributed by atoms with Gasteiger partial charge in [0.25, 0.3) is 5.56 Å². The van der Waals surface area contributed by atoms with E-state index < -0.39 is 11.6 Å². The molecule has 154 valence electrons. The molecule has 3 rings (SSSR count). The number of aromatic amines is 1. The molecule has 1 aliphatic rings. The molecule has 0 bridgehead atoms. The van der Waals surface area contributed by atoms with E-state index >= 15 is 0 Å². The van der Waals surface area contributed by atoms with Crippen molar-refractivity contribution in [2.24, 2.45) is 5.10 Å². The smallest absolute Gasteiger partial charge is 0.264 e. The van der Waals surface area contributed by atoms with Crippen LogP contribution in [0.15, 0.2) is 34.2 Å². The second-order valence-electron chi connectivity index (χ2n) is 6.84. The van der Waals surface area contributed by atoms with Gasteiger partial charge in [-0.3, -0.25) is 19.1 Å². The molecule has 0 spiro atoms. The van der Waals surface area contributed by atoms with Gasteiger partial charge in [0.1, 0.15) is 11.3 Å². The van der Waals surface area contributed by atoms with E-state index in [1.807, 2.05) is 25.1 Å². The standard InChI is InChI=1S/C20H24N4O4S/c1-4-5-10-23-19(27)17(18(26)21-20(23)29)14-11-15(24(22-14)12(2)25)13-8-6-7-9-16(13)28-3/h6-9,15,27H,4-5,10-11H2,1-3H3,(H,21,26,29)/t15-/m0/s1. The van der Waals surface area contributed by atoms with Crippen LogP contribution in [-0.2, 0) is 11.3 Å². The molecule has 1 aromatic carbocycles. The van der Waals surface area contributed by atoms with E-state index in [2.05, 4.69) is 10.1 Å². The molecule has 1 amide bonds. The van der Waals surface area contributed by atoms with Gasteiger partial charge in [0.2, 0.25) is 11.8 Å². The number of rotatable bonds is 6. The molecule has 0 aliphatic carbocycles. The molecule has 2 N–H and O–H groups in total. The van der Waals surface area contributed by atoms with Crippen LogP contribution in [0.2, 0.25) is 0 Å². The number of nitrogens with one attached hydrogen (secondary N) is 1. The van der Waals surface area contributed by atoms with Crippen molar-refractivity contribution >= 4 is 23.8 Å². The zero-order chi connectivity index (χ0) is 21.1. The predicted octanol–water partition coefficient (Wildman–Crippen LogP) is 3.12. The molecule has 0 saturated heterocycles. The molecule has 2 heterocycles. The first-order valence-electron chi connectivity index (χ1n) is 9.45. The van der Waals surface area contributed by atoms with Crippen molar-refractivity contribution in [3.63, 3.8) is 0 Å². The van der Waals surface area contributed by atoms with Crippen molar-refractivity contribution in [3.8, 4) is 11.6 Å². The van der Waals surface area contributed by atoms with Gasteiger partial charge in [0.05, 0.1) is 18.9 Å². The molecule has 1 aliphatic heterocycles. The lowest BCUT2D eigenvalue weighted by Crippen LogP contribution is -2.24. The number of methoxy groups -OCH3 is 1. The van der Waals surface area contributed by atoms with Gasteiger partial charge in [-0.25, -0.2) is 5.01 Å². The predicted molar refractivity (Wildman–Crippen MR) is 112 cm³/mol. The van der Waals surface area contributed by atoms with Gasteiger partial charge >= 0.3 is 0 Å². The van der Waals surface area contributed by atoms with Crippen LogP contribution < -0.4 is 10.3 Å². The fourth-order valence-corrected chi connectivity index (χ4v) is 3.75. The Morgan fingerprint density at radius 2 is 2.14 bits per heavy atom. The Balaban J connectivity index is 2.09. The molecule has 0 saturated carbocycles. The summed E-state index contributed by atoms with van der Waals surface area (Å²) in [6.07, 6.45) is 1.97. The fraction of sp³-hybridized carbons (Fsp3) is 0.400. The van der Waals surface area contributed by atoms with E-state index in [0.29, 0.717) is 18.0 Å². The molecule has 1 aromatic heterocycles. The highest BCUT2D eigenvalue weighted by Crippen LogP contribution is 2.37. The molecule has 0 fully saturated rings. The molecule has 0 radical (unpaired) electrons. The average molecular weight is 417 g/mol. The maximum absolute atomic E-state index is 12.6. The third kappa shape index (κ3) is 3.95. The van der Waals surface area contributed by atoms with E-state index in [9.17, 15) is 14.7 Å². The lowest BCUT2D eigenvalue weighted by molar-refractivity contribution is -0.130. The number of H-pyrrole nitrogens is 1. The van der Waals surface area contributed by atoms with E-state index in [0.717, 1.165) is 18.4 Å². The first-order valence-corrected chi connectivity index (χ1v) is 9.86. The number of aromatic nitrogens is 2. The molecular formula is C20H24N4O4S. The number of hydrazone groups is 1. The number of benzene rings is 1. The number of para-hydroxylation sites is 1. The van der Waals surface area contributed by atoms with Gasteiger partial charge < -0.3 is 9.84 Å². The molecule has 8 nitrogen and oxygen atoms in total. The van der Waals surface area contributed by atoms with E-state index in [1.165, 1.54) is 16.5 Å². The summed E-state index contributed by atoms with van der Waals surface area (Å²) < 4.78 is 7.08. The first kappa shape index (κ1) is 20.8. The highest BCUT2D eigenvalue weighted by Gasteiger charge is 2.35. The van der Waals surface area contributed by atoms with Crippen LogP contribution in [0, 0.1) is 4.77 Å². The Kier molecular flexibility index (Phi) is 6.17. The number of amides is 1. The molecular weight excluding hydrogens is 392 g/mol. The van der Waals surface area contributed by atoms with Crippen LogP contribution in [0.1, 0.15) is 50.3 Å². The summed E-state index contributed by atoms with van der Waals surface area (Å²) in [5, 5.41) is 16.5. The second kappa shape index (κ2) is 8.60. The summed E-state index contributed by atoms with van der Waals surface area (Å²) in [5.41, 5.74) is 0.621. The Morgan fingerprint density at radius 3 is 2.79 bits per heavy atom. The Bertz CT molecular complexity index is 1070. The summed E-state index contributed by atoms with van der Waals surface area (Å²) in [6, 6.07) is 6.91. The Hall–Kier alpha value is -2.94. The van der Waals surface area contributed by atoms with Crippen molar-refractivity contribution in [1.29, 1.82) is 0 Å². The molecule has 1 atom stereocenters. The van der Waals surface area contributed by atoms with E-state index in [4.69, 9.17) is 17.0 Å². The van der Waals surface area contributed by atoms with Gasteiger partial charge in [-0.2, -0.15) is 5.10 Å². The molecule has 9 heteroatoms. The van der Waals surface area contributed by atoms with Crippen molar-refractivity contribution in [2.75, 3.05) is 7.11 Å². The quantitative estimate of drug-likeness (QED) is 0.705. The van der Waals surface area contributed by atoms with Gasteiger partial charge in [0, 0.05) is 25.5 Å². The minimum Gasteiger partial charge on any atom is -0.496 e. The SMILES string of the molecule is CCCCn1c(O)c(C2=NN(C(C)=O)[C@H](c3ccccc3OC)C2)c(=O)[nH]c1=S. The van der Waals surface area contributed by atoms with Crippen molar-refractivity contribution in [1.82, 2.24) is 14.6 Å². The molecule has 0 unspecified atom stereocenters. The van der Waals surface area contributed by atoms with Gasteiger partial charge in [-0.1, -0.05) is 31.5 Å². The van der Waals surface area contributed by atoms with Crippen LogP contribution >= 0.6 is 12.2 Å². The van der Waals surface area contributed by atoms with Crippen molar-refractivity contribution < 1.29 is 14.6 Å². The summed E-state index contributed by atoms with van der Waals surface area (Å²) in [5.74, 6) is 0.123. The highest BCUT2D eigenvalue weighted by molar-refractivity contribution is 7.71. The van der Waals surface area contributed by atoms with E-state index in [-0.39, 0.29) is 28.5 Å². The van der Waals surface area contributed by atoms with Crippen LogP contribution in [0.25, 0.3) is 0 Å². The third-order valence-electron chi connectivity index (χ3n) is 4.93. The number of ether oxygens (including phenoxy) is 1. The fourth-order valence-electron chi connectivity index (χ4n) is 3.48. The largest absolute Gasteiger partial charge is 0.496 e. The van der Waals surface area contributed by atoms with Crippen molar-refractivity contribution in [3.05, 3.63) is 50.5 Å². The summed E-state index contributed by atoms with van der Waals surface area (Å²) in [7, 11) is 1.56. The summed E-state index contributed by atoms with van der Waals surface area (Å²) in [6.45, 7) is 3.91. The number of hydrogen-bond donors (Lipinski definition) is 2. The topological polar surface area (TPSA) is 99.9 Å². The summed E-state index contributed by atoms with van der Waals surface area (Å²) in [4.78, 5) is 27.5. The monoisotopic (exact) mass is 416 g/mol. The van der Waals surface area contributed by atoms with Gasteiger partial charge in [-0.15, -0.1) is 0 Å². The lowest BCUT2D eigenvalue weighted by Gasteiger charge is -2.22. The maximum atomic E-state index is 12.6. The third-order valence-corrected chi connectivity index (χ3v) is 5.25. The number of nitrogens with zero attached hydrogens (tertiary/aromatic N) is 3. The summed E-state index contributed by atoms with van der Waals surface area (Å²) >= 11 is 5.20. The first-order chi connectivity index (χ1) is 13.9. The molecule has 29 heavy (non-hydrogen) atoms. The average Bonchev–Trinajstić information content (AvgIpc) is 3.12. The van der Waals surface area contributed by atoms with Gasteiger partial charge in [-0.05, 0) is 24.7 Å². The number of unbranched alkanes of at least 4 members (excludes halogenated alkanes) is 1. The number of carbonyl (C=O) groups excluding carboxylic acids is 1. The lowest BCUT2D eigenvalue weighted by atomic mass is 9.98. The van der Waals surface area contributed by atoms with Crippen LogP contribution in [0.3, 0.4) is 0 Å². The Labute approximate surface area is 173 Å². The second-order valence-corrected chi connectivity index (χ2v) is 7.22. The minimum atomic E-state index is -0.525. The molecule has 2 aromatic rings. The zero-order valence-electron chi connectivity index (χ0n) is 16.6. The van der Waals surface area contributed by atoms with Crippen LogP contribution in [-0.4, -0.2) is 38.4 Å². The zero-order valence-corrected chi connectivity index (χ0v) is 17.5. The highest BCUT2D eigenvalue weighted by atomic mass is 32.1. The number of carbonyl (C=O) groups is 1. The van der Waals surface area contributed by atoms with Crippen LogP contribution in [0.4, 0.5) is 0 Å². The minimum absolute atomic E-state index is 0.0401.